The van der Waals surface area contributed by atoms with Crippen LogP contribution >= 0.6 is 0 Å². The number of hydrogen-bond acceptors (Lipinski definition) is 3. The van der Waals surface area contributed by atoms with Gasteiger partial charge in [0.15, 0.2) is 5.82 Å². The highest BCUT2D eigenvalue weighted by molar-refractivity contribution is 5.24. The Hall–Kier alpha value is -1.91. The molecular formula is C10H12N4O. The molecule has 5 nitrogen and oxygen atoms in total. The van der Waals surface area contributed by atoms with Gasteiger partial charge >= 0.3 is 0 Å². The molecule has 0 aliphatic heterocycles. The molecule has 0 saturated heterocycles. The first-order valence-corrected chi connectivity index (χ1v) is 4.68. The summed E-state index contributed by atoms with van der Waals surface area (Å²) in [5.74, 6) is 1.15. The van der Waals surface area contributed by atoms with Gasteiger partial charge in [0.1, 0.15) is 5.82 Å². The minimum Gasteiger partial charge on any atom is -0.311 e. The van der Waals surface area contributed by atoms with E-state index in [-0.39, 0.29) is 5.56 Å². The van der Waals surface area contributed by atoms with Gasteiger partial charge in [0.25, 0.3) is 5.56 Å². The van der Waals surface area contributed by atoms with Crippen molar-refractivity contribution in [2.75, 3.05) is 0 Å². The first-order valence-electron chi connectivity index (χ1n) is 4.68. The summed E-state index contributed by atoms with van der Waals surface area (Å²) in [4.78, 5) is 18.1. The van der Waals surface area contributed by atoms with Crippen LogP contribution in [0.2, 0.25) is 0 Å². The number of rotatable bonds is 1. The summed E-state index contributed by atoms with van der Waals surface area (Å²) in [6.07, 6.45) is 0. The Balaban J connectivity index is 2.63. The van der Waals surface area contributed by atoms with Gasteiger partial charge in [-0.2, -0.15) is 5.10 Å². The molecule has 0 aromatic carbocycles. The number of H-pyrrole nitrogens is 1. The Morgan fingerprint density at radius 3 is 2.53 bits per heavy atom. The smallest absolute Gasteiger partial charge is 0.253 e. The van der Waals surface area contributed by atoms with E-state index in [1.807, 2.05) is 19.9 Å². The zero-order chi connectivity index (χ0) is 11.0. The lowest BCUT2D eigenvalue weighted by molar-refractivity contribution is 0.788. The van der Waals surface area contributed by atoms with Gasteiger partial charge in [-0.3, -0.25) is 4.79 Å². The van der Waals surface area contributed by atoms with Crippen LogP contribution in [-0.2, 0) is 0 Å². The van der Waals surface area contributed by atoms with Crippen molar-refractivity contribution >= 4 is 0 Å². The molecule has 2 aromatic heterocycles. The molecule has 0 aliphatic rings. The third-order valence-electron chi connectivity index (χ3n) is 2.07. The number of nitrogens with one attached hydrogen (secondary N) is 1. The minimum absolute atomic E-state index is 0.162. The minimum atomic E-state index is -0.162. The average Bonchev–Trinajstić information content (AvgIpc) is 2.43. The number of aryl methyl sites for hydroxylation is 3. The summed E-state index contributed by atoms with van der Waals surface area (Å²) in [5.41, 5.74) is 1.71. The molecular weight excluding hydrogens is 192 g/mol. The predicted molar refractivity (Wildman–Crippen MR) is 56.2 cm³/mol. The van der Waals surface area contributed by atoms with Gasteiger partial charge in [-0.05, 0) is 26.8 Å². The fourth-order valence-electron chi connectivity index (χ4n) is 1.53. The molecule has 2 aromatic rings. The van der Waals surface area contributed by atoms with Crippen molar-refractivity contribution in [3.05, 3.63) is 39.7 Å². The molecule has 0 amide bonds. The molecule has 0 unspecified atom stereocenters. The summed E-state index contributed by atoms with van der Waals surface area (Å²) in [6.45, 7) is 5.58. The summed E-state index contributed by atoms with van der Waals surface area (Å²) < 4.78 is 1.66. The van der Waals surface area contributed by atoms with E-state index in [9.17, 15) is 4.79 Å². The molecule has 78 valence electrons. The largest absolute Gasteiger partial charge is 0.311 e. The quantitative estimate of drug-likeness (QED) is 0.750. The van der Waals surface area contributed by atoms with Crippen LogP contribution in [0.1, 0.15) is 17.2 Å². The standard InChI is InChI=1S/C10H12N4O/c1-6-4-7(2)14(13-6)9-5-10(15)12-8(3)11-9/h4-5H,1-3H3,(H,11,12,15). The number of hydrogen-bond donors (Lipinski definition) is 1. The Bertz CT molecular complexity index is 553. The van der Waals surface area contributed by atoms with Crippen LogP contribution in [0.4, 0.5) is 0 Å². The zero-order valence-corrected chi connectivity index (χ0v) is 8.90. The topological polar surface area (TPSA) is 63.6 Å². The normalized spacial score (nSPS) is 10.6. The van der Waals surface area contributed by atoms with Crippen molar-refractivity contribution in [3.8, 4) is 5.82 Å². The van der Waals surface area contributed by atoms with Crippen LogP contribution in [0.3, 0.4) is 0 Å². The van der Waals surface area contributed by atoms with Crippen LogP contribution in [0.5, 0.6) is 0 Å². The Morgan fingerprint density at radius 2 is 2.00 bits per heavy atom. The second kappa shape index (κ2) is 3.34. The van der Waals surface area contributed by atoms with Crippen molar-refractivity contribution < 1.29 is 0 Å². The lowest BCUT2D eigenvalue weighted by Gasteiger charge is -2.02. The highest BCUT2D eigenvalue weighted by atomic mass is 16.1. The molecule has 2 heterocycles. The SMILES string of the molecule is Cc1cc(C)n(-c2cc(=O)[nH]c(C)n2)n1. The number of nitrogens with zero attached hydrogens (tertiary/aromatic N) is 3. The van der Waals surface area contributed by atoms with Crippen LogP contribution in [-0.4, -0.2) is 19.7 Å². The third kappa shape index (κ3) is 1.81. The van der Waals surface area contributed by atoms with E-state index in [2.05, 4.69) is 15.1 Å². The van der Waals surface area contributed by atoms with E-state index < -0.39 is 0 Å². The zero-order valence-electron chi connectivity index (χ0n) is 8.90. The third-order valence-corrected chi connectivity index (χ3v) is 2.07. The lowest BCUT2D eigenvalue weighted by Crippen LogP contribution is -2.13. The summed E-state index contributed by atoms with van der Waals surface area (Å²) in [5, 5.41) is 4.26. The maximum atomic E-state index is 11.3. The Labute approximate surface area is 86.8 Å². The molecule has 0 atom stereocenters. The number of aromatic amines is 1. The fourth-order valence-corrected chi connectivity index (χ4v) is 1.53. The first kappa shape index (κ1) is 9.64. The van der Waals surface area contributed by atoms with E-state index in [0.717, 1.165) is 11.4 Å². The number of aromatic nitrogens is 4. The van der Waals surface area contributed by atoms with Crippen molar-refractivity contribution in [1.29, 1.82) is 0 Å². The van der Waals surface area contributed by atoms with Crippen LogP contribution < -0.4 is 5.56 Å². The highest BCUT2D eigenvalue weighted by Crippen LogP contribution is 2.07. The highest BCUT2D eigenvalue weighted by Gasteiger charge is 2.05. The molecule has 2 rings (SSSR count). The Kier molecular flexibility index (Phi) is 2.15. The average molecular weight is 204 g/mol. The van der Waals surface area contributed by atoms with Crippen molar-refractivity contribution in [2.24, 2.45) is 0 Å². The maximum absolute atomic E-state index is 11.3. The molecule has 0 radical (unpaired) electrons. The fraction of sp³-hybridized carbons (Fsp3) is 0.300. The Morgan fingerprint density at radius 1 is 1.27 bits per heavy atom. The van der Waals surface area contributed by atoms with E-state index >= 15 is 0 Å². The van der Waals surface area contributed by atoms with E-state index in [1.165, 1.54) is 6.07 Å². The van der Waals surface area contributed by atoms with Gasteiger partial charge in [0.2, 0.25) is 0 Å². The molecule has 0 bridgehead atoms. The summed E-state index contributed by atoms with van der Waals surface area (Å²) in [7, 11) is 0. The summed E-state index contributed by atoms with van der Waals surface area (Å²) in [6, 6.07) is 3.38. The monoisotopic (exact) mass is 204 g/mol. The van der Waals surface area contributed by atoms with Gasteiger partial charge in [0, 0.05) is 11.8 Å². The molecule has 15 heavy (non-hydrogen) atoms. The molecule has 0 aliphatic carbocycles. The van der Waals surface area contributed by atoms with Crippen LogP contribution in [0.15, 0.2) is 16.9 Å². The van der Waals surface area contributed by atoms with E-state index in [0.29, 0.717) is 11.6 Å². The molecule has 0 spiro atoms. The molecule has 1 N–H and O–H groups in total. The first-order chi connectivity index (χ1) is 7.06. The molecule has 0 saturated carbocycles. The predicted octanol–water partition coefficient (Wildman–Crippen LogP) is 0.881. The summed E-state index contributed by atoms with van der Waals surface area (Å²) >= 11 is 0. The van der Waals surface area contributed by atoms with Crippen molar-refractivity contribution in [2.45, 2.75) is 20.8 Å². The van der Waals surface area contributed by atoms with E-state index in [4.69, 9.17) is 0 Å². The van der Waals surface area contributed by atoms with Gasteiger partial charge in [-0.1, -0.05) is 0 Å². The van der Waals surface area contributed by atoms with Crippen LogP contribution in [0.25, 0.3) is 5.82 Å². The van der Waals surface area contributed by atoms with Crippen LogP contribution in [0, 0.1) is 20.8 Å². The molecule has 0 fully saturated rings. The second-order valence-corrected chi connectivity index (χ2v) is 3.53. The van der Waals surface area contributed by atoms with Crippen molar-refractivity contribution in [3.63, 3.8) is 0 Å². The van der Waals surface area contributed by atoms with Gasteiger partial charge < -0.3 is 4.98 Å². The van der Waals surface area contributed by atoms with Gasteiger partial charge in [-0.25, -0.2) is 9.67 Å². The van der Waals surface area contributed by atoms with Gasteiger partial charge in [0.05, 0.1) is 5.69 Å². The second-order valence-electron chi connectivity index (χ2n) is 3.53. The van der Waals surface area contributed by atoms with Crippen molar-refractivity contribution in [1.82, 2.24) is 19.7 Å². The maximum Gasteiger partial charge on any atom is 0.253 e. The van der Waals surface area contributed by atoms with E-state index in [1.54, 1.807) is 11.6 Å². The van der Waals surface area contributed by atoms with Gasteiger partial charge in [-0.15, -0.1) is 0 Å². The molecule has 5 heteroatoms. The lowest BCUT2D eigenvalue weighted by atomic mass is 10.4.